The van der Waals surface area contributed by atoms with Crippen LogP contribution in [0.15, 0.2) is 42.7 Å². The van der Waals surface area contributed by atoms with Crippen molar-refractivity contribution in [3.8, 4) is 29.0 Å². The molecule has 3 heterocycles. The van der Waals surface area contributed by atoms with Crippen LogP contribution >= 0.6 is 24.8 Å². The number of halogens is 2. The molecule has 0 spiro atoms. The van der Waals surface area contributed by atoms with Crippen LogP contribution in [-0.4, -0.2) is 64.4 Å². The normalized spacial score (nSPS) is 13.8. The lowest BCUT2D eigenvalue weighted by Gasteiger charge is -2.26. The third-order valence-electron chi connectivity index (χ3n) is 5.53. The molecule has 4 aromatic rings. The standard InChI is InChI=1S/C23H21N5O3.2ClH/c24-13-15-1-4-19-18(11-15)21(23(29)27-19)22-17-3-2-16(12-20(17)25-14-26-22)31-10-7-28-5-8-30-9-6-28;;/h1-4,11-12,14,27,29H,5-10H2;2*1H. The first-order chi connectivity index (χ1) is 15.2. The van der Waals surface area contributed by atoms with E-state index in [1.54, 1.807) is 18.2 Å². The Hall–Kier alpha value is -3.09. The molecule has 0 unspecified atom stereocenters. The Kier molecular flexibility index (Phi) is 7.95. The average molecular weight is 488 g/mol. The topological polar surface area (TPSA) is 107 Å². The molecular weight excluding hydrogens is 465 g/mol. The molecule has 0 radical (unpaired) electrons. The van der Waals surface area contributed by atoms with Crippen molar-refractivity contribution < 1.29 is 14.6 Å². The third-order valence-corrected chi connectivity index (χ3v) is 5.53. The number of hydrogen-bond donors (Lipinski definition) is 2. The Morgan fingerprint density at radius 2 is 1.91 bits per heavy atom. The number of hydrogen-bond acceptors (Lipinski definition) is 7. The van der Waals surface area contributed by atoms with Crippen LogP contribution in [0.1, 0.15) is 5.56 Å². The molecule has 1 aliphatic rings. The fraction of sp³-hybridized carbons (Fsp3) is 0.261. The van der Waals surface area contributed by atoms with Crippen LogP contribution in [0.5, 0.6) is 11.6 Å². The molecule has 33 heavy (non-hydrogen) atoms. The second kappa shape index (κ2) is 10.7. The lowest BCUT2D eigenvalue weighted by molar-refractivity contribution is 0.0322. The zero-order valence-electron chi connectivity index (χ0n) is 17.7. The van der Waals surface area contributed by atoms with E-state index in [9.17, 15) is 10.4 Å². The van der Waals surface area contributed by atoms with Crippen molar-refractivity contribution in [3.05, 3.63) is 48.3 Å². The first-order valence-corrected chi connectivity index (χ1v) is 10.2. The lowest BCUT2D eigenvalue weighted by Crippen LogP contribution is -2.38. The third kappa shape index (κ3) is 4.97. The van der Waals surface area contributed by atoms with Gasteiger partial charge in [0, 0.05) is 42.0 Å². The predicted octanol–water partition coefficient (Wildman–Crippen LogP) is 3.91. The molecule has 2 N–H and O–H groups in total. The van der Waals surface area contributed by atoms with Crippen molar-refractivity contribution >= 4 is 46.6 Å². The van der Waals surface area contributed by atoms with Gasteiger partial charge in [0.15, 0.2) is 5.88 Å². The van der Waals surface area contributed by atoms with E-state index in [-0.39, 0.29) is 30.7 Å². The molecule has 1 saturated heterocycles. The van der Waals surface area contributed by atoms with Gasteiger partial charge in [0.25, 0.3) is 0 Å². The van der Waals surface area contributed by atoms with Gasteiger partial charge in [-0.25, -0.2) is 9.97 Å². The summed E-state index contributed by atoms with van der Waals surface area (Å²) >= 11 is 0. The lowest BCUT2D eigenvalue weighted by atomic mass is 10.0. The van der Waals surface area contributed by atoms with Crippen molar-refractivity contribution in [1.29, 1.82) is 5.26 Å². The number of aromatic hydroxyl groups is 1. The number of aromatic amines is 1. The van der Waals surface area contributed by atoms with E-state index in [2.05, 4.69) is 25.9 Å². The maximum Gasteiger partial charge on any atom is 0.199 e. The van der Waals surface area contributed by atoms with Gasteiger partial charge >= 0.3 is 0 Å². The van der Waals surface area contributed by atoms with Crippen LogP contribution in [0.4, 0.5) is 0 Å². The van der Waals surface area contributed by atoms with Gasteiger partial charge in [0.05, 0.1) is 41.6 Å². The van der Waals surface area contributed by atoms with Gasteiger partial charge in [-0.2, -0.15) is 5.26 Å². The molecule has 172 valence electrons. The summed E-state index contributed by atoms with van der Waals surface area (Å²) in [5.74, 6) is 0.747. The van der Waals surface area contributed by atoms with Crippen LogP contribution in [0.2, 0.25) is 0 Å². The summed E-state index contributed by atoms with van der Waals surface area (Å²) in [5, 5.41) is 21.4. The average Bonchev–Trinajstić information content (AvgIpc) is 3.14. The molecule has 0 bridgehead atoms. The monoisotopic (exact) mass is 487 g/mol. The van der Waals surface area contributed by atoms with Crippen LogP contribution in [0.3, 0.4) is 0 Å². The fourth-order valence-electron chi connectivity index (χ4n) is 3.93. The molecule has 10 heteroatoms. The zero-order valence-corrected chi connectivity index (χ0v) is 19.3. The molecular formula is C23H23Cl2N5O3. The minimum absolute atomic E-state index is 0. The first kappa shape index (κ1) is 24.6. The second-order valence-corrected chi connectivity index (χ2v) is 7.42. The van der Waals surface area contributed by atoms with Gasteiger partial charge in [-0.05, 0) is 30.3 Å². The minimum atomic E-state index is 0. The summed E-state index contributed by atoms with van der Waals surface area (Å²) in [4.78, 5) is 14.1. The quantitative estimate of drug-likeness (QED) is 0.439. The number of aromatic nitrogens is 3. The highest BCUT2D eigenvalue weighted by Gasteiger charge is 2.18. The molecule has 8 nitrogen and oxygen atoms in total. The first-order valence-electron chi connectivity index (χ1n) is 10.2. The van der Waals surface area contributed by atoms with E-state index >= 15 is 0 Å². The smallest absolute Gasteiger partial charge is 0.199 e. The predicted molar refractivity (Wildman–Crippen MR) is 130 cm³/mol. The number of fused-ring (bicyclic) bond motifs is 2. The second-order valence-electron chi connectivity index (χ2n) is 7.42. The van der Waals surface area contributed by atoms with Crippen molar-refractivity contribution in [2.45, 2.75) is 0 Å². The van der Waals surface area contributed by atoms with E-state index in [0.717, 1.165) is 60.4 Å². The number of H-pyrrole nitrogens is 1. The highest BCUT2D eigenvalue weighted by molar-refractivity contribution is 6.05. The summed E-state index contributed by atoms with van der Waals surface area (Å²) in [6, 6.07) is 13.1. The van der Waals surface area contributed by atoms with Crippen molar-refractivity contribution in [3.63, 3.8) is 0 Å². The SMILES string of the molecule is Cl.Cl.N#Cc1ccc2[nH]c(O)c(-c3ncnc4cc(OCCN5CCOCC5)ccc34)c2c1. The van der Waals surface area contributed by atoms with E-state index < -0.39 is 0 Å². The number of nitrogens with one attached hydrogen (secondary N) is 1. The largest absolute Gasteiger partial charge is 0.494 e. The number of morpholine rings is 1. The summed E-state index contributed by atoms with van der Waals surface area (Å²) in [6.45, 7) is 4.83. The summed E-state index contributed by atoms with van der Waals surface area (Å²) in [6.07, 6.45) is 1.47. The summed E-state index contributed by atoms with van der Waals surface area (Å²) in [7, 11) is 0. The van der Waals surface area contributed by atoms with Crippen molar-refractivity contribution in [2.24, 2.45) is 0 Å². The number of rotatable bonds is 5. The number of nitriles is 1. The molecule has 2 aromatic heterocycles. The van der Waals surface area contributed by atoms with Crippen LogP contribution < -0.4 is 4.74 Å². The van der Waals surface area contributed by atoms with E-state index in [1.807, 2.05) is 18.2 Å². The molecule has 0 saturated carbocycles. The Morgan fingerprint density at radius 1 is 1.09 bits per heavy atom. The molecule has 0 atom stereocenters. The molecule has 1 aliphatic heterocycles. The van der Waals surface area contributed by atoms with Gasteiger partial charge in [0.1, 0.15) is 18.7 Å². The molecule has 5 rings (SSSR count). The Balaban J connectivity index is 0.00000153. The molecule has 2 aromatic carbocycles. The van der Waals surface area contributed by atoms with Crippen LogP contribution in [0.25, 0.3) is 33.1 Å². The molecule has 1 fully saturated rings. The summed E-state index contributed by atoms with van der Waals surface area (Å²) < 4.78 is 11.3. The van der Waals surface area contributed by atoms with Gasteiger partial charge in [-0.3, -0.25) is 4.90 Å². The van der Waals surface area contributed by atoms with Gasteiger partial charge in [-0.1, -0.05) is 0 Å². The maximum atomic E-state index is 10.6. The van der Waals surface area contributed by atoms with E-state index in [4.69, 9.17) is 9.47 Å². The number of ether oxygens (including phenoxy) is 2. The zero-order chi connectivity index (χ0) is 21.2. The Bertz CT molecular complexity index is 1300. The van der Waals surface area contributed by atoms with E-state index in [0.29, 0.717) is 23.4 Å². The Morgan fingerprint density at radius 3 is 2.70 bits per heavy atom. The van der Waals surface area contributed by atoms with Gasteiger partial charge in [-0.15, -0.1) is 24.8 Å². The molecule has 0 amide bonds. The minimum Gasteiger partial charge on any atom is -0.494 e. The fourth-order valence-corrected chi connectivity index (χ4v) is 3.93. The van der Waals surface area contributed by atoms with Crippen molar-refractivity contribution in [2.75, 3.05) is 39.5 Å². The highest BCUT2D eigenvalue weighted by atomic mass is 35.5. The number of nitrogens with zero attached hydrogens (tertiary/aromatic N) is 4. The summed E-state index contributed by atoms with van der Waals surface area (Å²) in [5.41, 5.74) is 3.13. The highest BCUT2D eigenvalue weighted by Crippen LogP contribution is 2.39. The Labute approximate surface area is 203 Å². The maximum absolute atomic E-state index is 10.6. The van der Waals surface area contributed by atoms with Gasteiger partial charge in [0.2, 0.25) is 0 Å². The van der Waals surface area contributed by atoms with Gasteiger partial charge < -0.3 is 19.6 Å². The van der Waals surface area contributed by atoms with E-state index in [1.165, 1.54) is 6.33 Å². The van der Waals surface area contributed by atoms with Crippen LogP contribution in [0, 0.1) is 11.3 Å². The van der Waals surface area contributed by atoms with Crippen LogP contribution in [-0.2, 0) is 4.74 Å². The van der Waals surface area contributed by atoms with Crippen molar-refractivity contribution in [1.82, 2.24) is 19.9 Å². The molecule has 0 aliphatic carbocycles. The number of benzene rings is 2.